The minimum atomic E-state index is -4.21. The van der Waals surface area contributed by atoms with Gasteiger partial charge in [-0.15, -0.1) is 0 Å². The van der Waals surface area contributed by atoms with Crippen LogP contribution in [0.5, 0.6) is 5.88 Å². The Kier molecular flexibility index (Phi) is 5.16. The van der Waals surface area contributed by atoms with Gasteiger partial charge in [-0.3, -0.25) is 4.68 Å². The summed E-state index contributed by atoms with van der Waals surface area (Å²) in [4.78, 5) is 7.11. The van der Waals surface area contributed by atoms with E-state index >= 15 is 0 Å². The fourth-order valence-electron chi connectivity index (χ4n) is 3.14. The zero-order valence-electron chi connectivity index (χ0n) is 15.5. The van der Waals surface area contributed by atoms with Gasteiger partial charge in [0.15, 0.2) is 10.7 Å². The number of hydrogen-bond acceptors (Lipinski definition) is 8. The molecule has 0 bridgehead atoms. The smallest absolute Gasteiger partial charge is 0.268 e. The molecule has 3 aromatic heterocycles. The average Bonchev–Trinajstić information content (AvgIpc) is 3.33. The summed E-state index contributed by atoms with van der Waals surface area (Å²) in [6.45, 7) is 2.11. The Balaban J connectivity index is 1.76. The Morgan fingerprint density at radius 3 is 2.80 bits per heavy atom. The van der Waals surface area contributed by atoms with Crippen molar-refractivity contribution in [2.75, 3.05) is 0 Å². The molecule has 1 N–H and O–H groups in total. The molecule has 0 saturated heterocycles. The van der Waals surface area contributed by atoms with Gasteiger partial charge in [-0.2, -0.15) is 10.1 Å². The first-order chi connectivity index (χ1) is 14.2. The van der Waals surface area contributed by atoms with Crippen molar-refractivity contribution in [1.29, 1.82) is 0 Å². The lowest BCUT2D eigenvalue weighted by Gasteiger charge is -2.23. The third-order valence-corrected chi connectivity index (χ3v) is 6.05. The maximum Gasteiger partial charge on any atom is 0.268 e. The number of rotatable bonds is 5. The lowest BCUT2D eigenvalue weighted by atomic mass is 9.89. The van der Waals surface area contributed by atoms with Gasteiger partial charge in [0.2, 0.25) is 5.88 Å². The zero-order valence-corrected chi connectivity index (χ0v) is 17.0. The quantitative estimate of drug-likeness (QED) is 0.586. The van der Waals surface area contributed by atoms with E-state index in [1.165, 1.54) is 12.3 Å². The van der Waals surface area contributed by atoms with Gasteiger partial charge in [-0.1, -0.05) is 24.2 Å². The highest BCUT2D eigenvalue weighted by atomic mass is 35.7. The largest absolute Gasteiger partial charge is 0.492 e. The second-order valence-electron chi connectivity index (χ2n) is 6.70. The fraction of sp³-hybridized carbons (Fsp3) is 0.222. The number of aromatic hydroxyl groups is 1. The monoisotopic (exact) mass is 451 g/mol. The third kappa shape index (κ3) is 3.85. The summed E-state index contributed by atoms with van der Waals surface area (Å²) in [5.74, 6) is -1.59. The first kappa shape index (κ1) is 20.2. The molecule has 9 nitrogen and oxygen atoms in total. The summed E-state index contributed by atoms with van der Waals surface area (Å²) >= 11 is 0. The molecule has 1 aliphatic carbocycles. The normalized spacial score (nSPS) is 19.1. The predicted octanol–water partition coefficient (Wildman–Crippen LogP) is 3.30. The molecule has 0 amide bonds. The van der Waals surface area contributed by atoms with Crippen molar-refractivity contribution >= 4 is 19.7 Å². The molecule has 0 aromatic carbocycles. The molecule has 0 saturated carbocycles. The molecule has 2 unspecified atom stereocenters. The molecule has 0 aliphatic heterocycles. The molecule has 3 aromatic rings. The van der Waals surface area contributed by atoms with E-state index in [4.69, 9.17) is 15.2 Å². The highest BCUT2D eigenvalue weighted by Crippen LogP contribution is 2.32. The van der Waals surface area contributed by atoms with E-state index < -0.39 is 25.7 Å². The topological polar surface area (TPSA) is 124 Å². The first-order valence-corrected chi connectivity index (χ1v) is 11.1. The zero-order chi connectivity index (χ0) is 21.5. The van der Waals surface area contributed by atoms with E-state index in [9.17, 15) is 17.9 Å². The number of aromatic nitrogens is 5. The molecule has 156 valence electrons. The van der Waals surface area contributed by atoms with Gasteiger partial charge in [0.05, 0.1) is 18.4 Å². The molecule has 12 heteroatoms. The van der Waals surface area contributed by atoms with Gasteiger partial charge in [0.1, 0.15) is 23.5 Å². The van der Waals surface area contributed by atoms with Crippen molar-refractivity contribution in [3.63, 3.8) is 0 Å². The molecule has 0 spiro atoms. The molecular weight excluding hydrogens is 437 g/mol. The first-order valence-electron chi connectivity index (χ1n) is 8.77. The van der Waals surface area contributed by atoms with Crippen LogP contribution in [0.2, 0.25) is 0 Å². The van der Waals surface area contributed by atoms with Crippen LogP contribution in [0.15, 0.2) is 58.1 Å². The van der Waals surface area contributed by atoms with E-state index in [1.807, 2.05) is 13.0 Å². The SMILES string of the molecule is CC1C=CC=C(F)C1Cn1nc(-c2ncc(S(=O)(=O)Cl)c(O)n2)cc1-c1ccon1. The summed E-state index contributed by atoms with van der Waals surface area (Å²) in [5.41, 5.74) is 1.21. The summed E-state index contributed by atoms with van der Waals surface area (Å²) in [6.07, 6.45) is 7.27. The van der Waals surface area contributed by atoms with Gasteiger partial charge in [-0.05, 0) is 18.1 Å². The molecule has 4 rings (SSSR count). The molecular formula is C18H15ClFN5O4S. The average molecular weight is 452 g/mol. The number of allylic oxidation sites excluding steroid dienone is 4. The van der Waals surface area contributed by atoms with Gasteiger partial charge >= 0.3 is 0 Å². The minimum Gasteiger partial charge on any atom is -0.492 e. The lowest BCUT2D eigenvalue weighted by molar-refractivity contribution is 0.333. The van der Waals surface area contributed by atoms with Gasteiger partial charge < -0.3 is 9.63 Å². The van der Waals surface area contributed by atoms with Crippen molar-refractivity contribution in [2.45, 2.75) is 18.4 Å². The van der Waals surface area contributed by atoms with Crippen LogP contribution >= 0.6 is 10.7 Å². The van der Waals surface area contributed by atoms with Gasteiger partial charge in [-0.25, -0.2) is 17.8 Å². The van der Waals surface area contributed by atoms with E-state index in [-0.39, 0.29) is 29.8 Å². The van der Waals surface area contributed by atoms with Crippen LogP contribution in [0.4, 0.5) is 4.39 Å². The molecule has 30 heavy (non-hydrogen) atoms. The summed E-state index contributed by atoms with van der Waals surface area (Å²) in [6, 6.07) is 3.21. The van der Waals surface area contributed by atoms with Crippen LogP contribution in [0.1, 0.15) is 6.92 Å². The standard InChI is InChI=1S/C18H15ClFN5O4S/c1-10-3-2-4-12(20)11(10)9-25-15(13-5-6-29-24-13)7-14(23-25)17-21-8-16(18(26)22-17)30(19,27)28/h2-8,10-11H,9H2,1H3,(H,21,22,26). The molecule has 0 radical (unpaired) electrons. The summed E-state index contributed by atoms with van der Waals surface area (Å²) in [5, 5.41) is 18.3. The van der Waals surface area contributed by atoms with Crippen LogP contribution in [0.25, 0.3) is 22.9 Å². The number of halogens is 2. The Morgan fingerprint density at radius 2 is 2.17 bits per heavy atom. The van der Waals surface area contributed by atoms with Crippen LogP contribution in [0.3, 0.4) is 0 Å². The van der Waals surface area contributed by atoms with Crippen molar-refractivity contribution in [3.8, 4) is 28.8 Å². The van der Waals surface area contributed by atoms with E-state index in [1.54, 1.807) is 22.9 Å². The fourth-order valence-corrected chi connectivity index (χ4v) is 3.91. The van der Waals surface area contributed by atoms with Crippen LogP contribution in [-0.4, -0.2) is 38.4 Å². The molecule has 1 aliphatic rings. The second kappa shape index (κ2) is 7.65. The van der Waals surface area contributed by atoms with Crippen molar-refractivity contribution in [2.24, 2.45) is 11.8 Å². The van der Waals surface area contributed by atoms with E-state index in [2.05, 4.69) is 20.2 Å². The Morgan fingerprint density at radius 1 is 1.37 bits per heavy atom. The Hall–Kier alpha value is -3.05. The number of nitrogens with zero attached hydrogens (tertiary/aromatic N) is 5. The molecule has 0 fully saturated rings. The second-order valence-corrected chi connectivity index (χ2v) is 9.24. The maximum atomic E-state index is 14.4. The molecule has 3 heterocycles. The van der Waals surface area contributed by atoms with Crippen LogP contribution in [-0.2, 0) is 15.6 Å². The van der Waals surface area contributed by atoms with Crippen molar-refractivity contribution < 1.29 is 22.4 Å². The van der Waals surface area contributed by atoms with E-state index in [0.29, 0.717) is 11.4 Å². The summed E-state index contributed by atoms with van der Waals surface area (Å²) < 4.78 is 43.7. The van der Waals surface area contributed by atoms with Crippen molar-refractivity contribution in [3.05, 3.63) is 48.6 Å². The van der Waals surface area contributed by atoms with Crippen LogP contribution < -0.4 is 0 Å². The lowest BCUT2D eigenvalue weighted by Crippen LogP contribution is -2.21. The Labute approximate surface area is 174 Å². The number of hydrogen-bond donors (Lipinski definition) is 1. The van der Waals surface area contributed by atoms with Gasteiger partial charge in [0.25, 0.3) is 9.05 Å². The predicted molar refractivity (Wildman–Crippen MR) is 104 cm³/mol. The minimum absolute atomic E-state index is 0.0346. The van der Waals surface area contributed by atoms with Crippen LogP contribution in [0, 0.1) is 11.8 Å². The van der Waals surface area contributed by atoms with Gasteiger partial charge in [0, 0.05) is 22.7 Å². The van der Waals surface area contributed by atoms with Crippen molar-refractivity contribution in [1.82, 2.24) is 24.9 Å². The summed E-state index contributed by atoms with van der Waals surface area (Å²) in [7, 11) is 1.03. The maximum absolute atomic E-state index is 14.4. The Bertz CT molecular complexity index is 1250. The highest BCUT2D eigenvalue weighted by molar-refractivity contribution is 8.13. The third-order valence-electron chi connectivity index (χ3n) is 4.74. The van der Waals surface area contributed by atoms with E-state index in [0.717, 1.165) is 6.20 Å². The molecule has 2 atom stereocenters. The highest BCUT2D eigenvalue weighted by Gasteiger charge is 2.26.